The number of aliphatic hydroxyl groups is 2. The zero-order valence-electron chi connectivity index (χ0n) is 9.65. The molecule has 7 heteroatoms. The maximum atomic E-state index is 10.9. The highest BCUT2D eigenvalue weighted by atomic mass is 16.6. The van der Waals surface area contributed by atoms with Crippen molar-refractivity contribution < 1.29 is 24.7 Å². The number of non-ortho nitro benzene ring substituents is 1. The van der Waals surface area contributed by atoms with Gasteiger partial charge in [-0.05, 0) is 17.7 Å². The molecule has 2 atom stereocenters. The van der Waals surface area contributed by atoms with Gasteiger partial charge in [-0.25, -0.2) is 0 Å². The summed E-state index contributed by atoms with van der Waals surface area (Å²) in [6.45, 7) is 0.581. The molecule has 2 unspecified atom stereocenters. The number of hydrogen-bond acceptors (Lipinski definition) is 6. The van der Waals surface area contributed by atoms with Crippen molar-refractivity contribution in [1.29, 1.82) is 0 Å². The Morgan fingerprint density at radius 3 is 2.39 bits per heavy atom. The fourth-order valence-electron chi connectivity index (χ4n) is 1.43. The Bertz CT molecular complexity index is 430. The van der Waals surface area contributed by atoms with Crippen LogP contribution in [0, 0.1) is 10.1 Å². The summed E-state index contributed by atoms with van der Waals surface area (Å²) in [6.07, 6.45) is -2.33. The van der Waals surface area contributed by atoms with Crippen molar-refractivity contribution in [3.05, 3.63) is 39.9 Å². The number of benzene rings is 1. The van der Waals surface area contributed by atoms with E-state index in [0.29, 0.717) is 5.56 Å². The Labute approximate surface area is 103 Å². The van der Waals surface area contributed by atoms with Crippen LogP contribution in [0.5, 0.6) is 0 Å². The summed E-state index contributed by atoms with van der Waals surface area (Å²) in [7, 11) is 0. The topological polar surface area (TPSA) is 110 Å². The normalized spacial score (nSPS) is 13.7. The van der Waals surface area contributed by atoms with Crippen LogP contribution in [-0.2, 0) is 9.53 Å². The summed E-state index contributed by atoms with van der Waals surface area (Å²) >= 11 is 0. The largest absolute Gasteiger partial charge is 0.455 e. The average molecular weight is 255 g/mol. The van der Waals surface area contributed by atoms with Gasteiger partial charge in [0.1, 0.15) is 6.10 Å². The quantitative estimate of drug-likeness (QED) is 0.451. The Morgan fingerprint density at radius 2 is 2.00 bits per heavy atom. The standard InChI is InChI=1S/C11H13NO6/c1-7(14)18-11(10(15)6-13)8-2-4-9(5-3-8)12(16)17/h2-5,10-11,13,15H,6H2,1H3. The van der Waals surface area contributed by atoms with Crippen LogP contribution in [0.15, 0.2) is 24.3 Å². The van der Waals surface area contributed by atoms with E-state index in [-0.39, 0.29) is 5.69 Å². The van der Waals surface area contributed by atoms with E-state index < -0.39 is 29.7 Å². The van der Waals surface area contributed by atoms with Crippen LogP contribution in [0.25, 0.3) is 0 Å². The molecular weight excluding hydrogens is 242 g/mol. The molecule has 0 radical (unpaired) electrons. The summed E-state index contributed by atoms with van der Waals surface area (Å²) in [5, 5.41) is 28.9. The maximum absolute atomic E-state index is 10.9. The van der Waals surface area contributed by atoms with Crippen LogP contribution in [0.4, 0.5) is 5.69 Å². The minimum atomic E-state index is -1.28. The zero-order chi connectivity index (χ0) is 13.7. The van der Waals surface area contributed by atoms with Crippen LogP contribution >= 0.6 is 0 Å². The summed E-state index contributed by atoms with van der Waals surface area (Å²) < 4.78 is 4.87. The number of carbonyl (C=O) groups is 1. The second-order valence-corrected chi connectivity index (χ2v) is 3.63. The van der Waals surface area contributed by atoms with Crippen molar-refractivity contribution in [2.75, 3.05) is 6.61 Å². The molecule has 0 bridgehead atoms. The van der Waals surface area contributed by atoms with Crippen LogP contribution < -0.4 is 0 Å². The second kappa shape index (κ2) is 6.08. The maximum Gasteiger partial charge on any atom is 0.303 e. The lowest BCUT2D eigenvalue weighted by Crippen LogP contribution is -2.26. The predicted octanol–water partition coefficient (Wildman–Crippen LogP) is 0.552. The van der Waals surface area contributed by atoms with Crippen LogP contribution in [0.3, 0.4) is 0 Å². The van der Waals surface area contributed by atoms with Gasteiger partial charge in [-0.3, -0.25) is 14.9 Å². The van der Waals surface area contributed by atoms with Gasteiger partial charge in [0, 0.05) is 19.1 Å². The summed E-state index contributed by atoms with van der Waals surface area (Å²) in [4.78, 5) is 20.8. The van der Waals surface area contributed by atoms with E-state index in [1.165, 1.54) is 31.2 Å². The molecule has 0 saturated heterocycles. The Balaban J connectivity index is 2.97. The number of ether oxygens (including phenoxy) is 1. The Kier molecular flexibility index (Phi) is 4.75. The molecule has 0 aliphatic rings. The third-order valence-electron chi connectivity index (χ3n) is 2.26. The molecule has 98 valence electrons. The van der Waals surface area contributed by atoms with Gasteiger partial charge in [0.15, 0.2) is 6.10 Å². The molecule has 7 nitrogen and oxygen atoms in total. The van der Waals surface area contributed by atoms with Gasteiger partial charge < -0.3 is 14.9 Å². The lowest BCUT2D eigenvalue weighted by atomic mass is 10.0. The molecule has 0 fully saturated rings. The lowest BCUT2D eigenvalue weighted by Gasteiger charge is -2.21. The highest BCUT2D eigenvalue weighted by Gasteiger charge is 2.24. The van der Waals surface area contributed by atoms with Crippen LogP contribution in [0.2, 0.25) is 0 Å². The predicted molar refractivity (Wildman–Crippen MR) is 60.7 cm³/mol. The number of rotatable bonds is 5. The number of nitro benzene ring substituents is 1. The minimum absolute atomic E-state index is 0.112. The number of aliphatic hydroxyl groups excluding tert-OH is 2. The van der Waals surface area contributed by atoms with Gasteiger partial charge in [-0.2, -0.15) is 0 Å². The van der Waals surface area contributed by atoms with Gasteiger partial charge in [0.05, 0.1) is 11.5 Å². The SMILES string of the molecule is CC(=O)OC(c1ccc([N+](=O)[O-])cc1)C(O)CO. The van der Waals surface area contributed by atoms with Crippen molar-refractivity contribution in [2.45, 2.75) is 19.1 Å². The molecule has 0 aliphatic heterocycles. The Morgan fingerprint density at radius 1 is 1.44 bits per heavy atom. The molecule has 0 spiro atoms. The van der Waals surface area contributed by atoms with E-state index in [2.05, 4.69) is 0 Å². The molecule has 0 aliphatic carbocycles. The molecule has 18 heavy (non-hydrogen) atoms. The fourth-order valence-corrected chi connectivity index (χ4v) is 1.43. The third-order valence-corrected chi connectivity index (χ3v) is 2.26. The molecule has 0 saturated carbocycles. The van der Waals surface area contributed by atoms with Crippen molar-refractivity contribution >= 4 is 11.7 Å². The number of nitro groups is 1. The third kappa shape index (κ3) is 3.51. The first-order valence-electron chi connectivity index (χ1n) is 5.16. The minimum Gasteiger partial charge on any atom is -0.455 e. The highest BCUT2D eigenvalue weighted by molar-refractivity contribution is 5.66. The van der Waals surface area contributed by atoms with Gasteiger partial charge in [-0.15, -0.1) is 0 Å². The number of carbonyl (C=O) groups excluding carboxylic acids is 1. The second-order valence-electron chi connectivity index (χ2n) is 3.63. The molecule has 1 aromatic carbocycles. The molecule has 1 aromatic rings. The number of nitrogens with zero attached hydrogens (tertiary/aromatic N) is 1. The van der Waals surface area contributed by atoms with Gasteiger partial charge in [0.2, 0.25) is 0 Å². The molecule has 0 aromatic heterocycles. The highest BCUT2D eigenvalue weighted by Crippen LogP contribution is 2.24. The molecule has 2 N–H and O–H groups in total. The molecular formula is C11H13NO6. The summed E-state index contributed by atoms with van der Waals surface area (Å²) in [6, 6.07) is 5.20. The zero-order valence-corrected chi connectivity index (χ0v) is 9.65. The smallest absolute Gasteiger partial charge is 0.303 e. The van der Waals surface area contributed by atoms with Crippen LogP contribution in [0.1, 0.15) is 18.6 Å². The van der Waals surface area contributed by atoms with Crippen molar-refractivity contribution in [3.8, 4) is 0 Å². The van der Waals surface area contributed by atoms with E-state index in [1.54, 1.807) is 0 Å². The summed E-state index contributed by atoms with van der Waals surface area (Å²) in [5.41, 5.74) is 0.260. The fraction of sp³-hybridized carbons (Fsp3) is 0.364. The first-order chi connectivity index (χ1) is 8.45. The van der Waals surface area contributed by atoms with Gasteiger partial charge in [0.25, 0.3) is 5.69 Å². The van der Waals surface area contributed by atoms with Crippen molar-refractivity contribution in [2.24, 2.45) is 0 Å². The average Bonchev–Trinajstić information content (AvgIpc) is 2.35. The van der Waals surface area contributed by atoms with Crippen molar-refractivity contribution in [1.82, 2.24) is 0 Å². The molecule has 0 heterocycles. The van der Waals surface area contributed by atoms with E-state index in [4.69, 9.17) is 9.84 Å². The first-order valence-corrected chi connectivity index (χ1v) is 5.16. The number of hydrogen-bond donors (Lipinski definition) is 2. The molecule has 1 rings (SSSR count). The van der Waals surface area contributed by atoms with E-state index in [1.807, 2.05) is 0 Å². The monoisotopic (exact) mass is 255 g/mol. The summed E-state index contributed by atoms with van der Waals surface area (Å²) in [5.74, 6) is -0.620. The van der Waals surface area contributed by atoms with Crippen LogP contribution in [-0.4, -0.2) is 33.8 Å². The Hall–Kier alpha value is -1.99. The molecule has 0 amide bonds. The van der Waals surface area contributed by atoms with Gasteiger partial charge >= 0.3 is 5.97 Å². The van der Waals surface area contributed by atoms with E-state index >= 15 is 0 Å². The van der Waals surface area contributed by atoms with E-state index in [0.717, 1.165) is 0 Å². The van der Waals surface area contributed by atoms with Gasteiger partial charge in [-0.1, -0.05) is 0 Å². The first kappa shape index (κ1) is 14.1. The lowest BCUT2D eigenvalue weighted by molar-refractivity contribution is -0.384. The van der Waals surface area contributed by atoms with Crippen molar-refractivity contribution in [3.63, 3.8) is 0 Å². The number of esters is 1. The van der Waals surface area contributed by atoms with E-state index in [9.17, 15) is 20.0 Å².